The first-order valence-electron chi connectivity index (χ1n) is 14.6. The molecule has 1 heterocycles. The zero-order valence-electron chi connectivity index (χ0n) is 23.7. The Morgan fingerprint density at radius 1 is 0.500 bits per heavy atom. The lowest BCUT2D eigenvalue weighted by Crippen LogP contribution is -2.09. The number of hydrogen-bond donors (Lipinski definition) is 0. The molecular formula is C40H32N2. The summed E-state index contributed by atoms with van der Waals surface area (Å²) in [4.78, 5) is 2.35. The molecule has 202 valence electrons. The Balaban J connectivity index is 1.36. The highest BCUT2D eigenvalue weighted by Crippen LogP contribution is 2.40. The highest BCUT2D eigenvalue weighted by atomic mass is 15.1. The van der Waals surface area contributed by atoms with Gasteiger partial charge in [0.05, 0.1) is 11.0 Å². The molecule has 0 spiro atoms. The predicted octanol–water partition coefficient (Wildman–Crippen LogP) is 11.0. The van der Waals surface area contributed by atoms with Crippen LogP contribution in [-0.2, 0) is 6.42 Å². The van der Waals surface area contributed by atoms with Crippen LogP contribution in [0.25, 0.3) is 39.6 Å². The van der Waals surface area contributed by atoms with E-state index < -0.39 is 0 Å². The Morgan fingerprint density at radius 3 is 1.69 bits per heavy atom. The largest absolute Gasteiger partial charge is 0.310 e. The van der Waals surface area contributed by atoms with E-state index in [9.17, 15) is 0 Å². The van der Waals surface area contributed by atoms with Gasteiger partial charge in [-0.15, -0.1) is 0 Å². The van der Waals surface area contributed by atoms with Crippen molar-refractivity contribution in [1.29, 1.82) is 0 Å². The molecule has 0 amide bonds. The van der Waals surface area contributed by atoms with Crippen molar-refractivity contribution >= 4 is 51.0 Å². The lowest BCUT2D eigenvalue weighted by atomic mass is 10.1. The number of aromatic nitrogens is 1. The standard InChI is InChI=1S/C40H32N2/c1-2-30-22-26-39-37(28-30)38-29-36(25-27-40(38)42(39)34-16-10-5-11-17-34)41(33-14-8-4-9-15-33)35-23-20-32(21-24-35)19-18-31-12-6-3-7-13-31/h3-29H,2H2,1H3. The first-order chi connectivity index (χ1) is 20.8. The van der Waals surface area contributed by atoms with Crippen LogP contribution in [0.4, 0.5) is 17.1 Å². The van der Waals surface area contributed by atoms with Gasteiger partial charge in [0.15, 0.2) is 0 Å². The number of aryl methyl sites for hydroxylation is 1. The van der Waals surface area contributed by atoms with E-state index in [1.807, 2.05) is 6.07 Å². The van der Waals surface area contributed by atoms with E-state index in [4.69, 9.17) is 0 Å². The van der Waals surface area contributed by atoms with E-state index in [1.54, 1.807) is 0 Å². The van der Waals surface area contributed by atoms with Crippen LogP contribution in [0.1, 0.15) is 23.6 Å². The Morgan fingerprint density at radius 2 is 1.02 bits per heavy atom. The third-order valence-corrected chi connectivity index (χ3v) is 7.93. The second-order valence-electron chi connectivity index (χ2n) is 10.6. The summed E-state index contributed by atoms with van der Waals surface area (Å²) < 4.78 is 2.38. The molecule has 7 aromatic rings. The number of anilines is 3. The van der Waals surface area contributed by atoms with Crippen LogP contribution in [0.5, 0.6) is 0 Å². The first-order valence-corrected chi connectivity index (χ1v) is 14.6. The smallest absolute Gasteiger partial charge is 0.0542 e. The molecule has 0 unspecified atom stereocenters. The fourth-order valence-electron chi connectivity index (χ4n) is 5.79. The van der Waals surface area contributed by atoms with E-state index >= 15 is 0 Å². The molecule has 42 heavy (non-hydrogen) atoms. The molecular weight excluding hydrogens is 508 g/mol. The van der Waals surface area contributed by atoms with Crippen molar-refractivity contribution in [2.45, 2.75) is 13.3 Å². The summed E-state index contributed by atoms with van der Waals surface area (Å²) in [6.07, 6.45) is 5.33. The molecule has 0 bridgehead atoms. The van der Waals surface area contributed by atoms with Crippen molar-refractivity contribution in [1.82, 2.24) is 4.57 Å². The lowest BCUT2D eigenvalue weighted by molar-refractivity contribution is 1.14. The molecule has 0 radical (unpaired) electrons. The average Bonchev–Trinajstić information content (AvgIpc) is 3.39. The number of benzene rings is 6. The summed E-state index contributed by atoms with van der Waals surface area (Å²) in [6.45, 7) is 2.22. The SMILES string of the molecule is CCc1ccc2c(c1)c1cc(N(c3ccccc3)c3ccc(C=Cc4ccccc4)cc3)ccc1n2-c1ccccc1. The summed E-state index contributed by atoms with van der Waals surface area (Å²) in [5.74, 6) is 0. The fraction of sp³-hybridized carbons (Fsp3) is 0.0500. The van der Waals surface area contributed by atoms with Crippen molar-refractivity contribution < 1.29 is 0 Å². The Labute approximate surface area is 247 Å². The van der Waals surface area contributed by atoms with Gasteiger partial charge in [-0.2, -0.15) is 0 Å². The van der Waals surface area contributed by atoms with E-state index in [0.717, 1.165) is 23.5 Å². The number of para-hydroxylation sites is 2. The monoisotopic (exact) mass is 540 g/mol. The molecule has 0 fully saturated rings. The molecule has 0 aliphatic carbocycles. The minimum atomic E-state index is 1.01. The van der Waals surface area contributed by atoms with E-state index in [2.05, 4.69) is 174 Å². The van der Waals surface area contributed by atoms with Crippen LogP contribution < -0.4 is 4.90 Å². The van der Waals surface area contributed by atoms with Gasteiger partial charge in [-0.3, -0.25) is 0 Å². The number of nitrogens with zero attached hydrogens (tertiary/aromatic N) is 2. The zero-order valence-corrected chi connectivity index (χ0v) is 23.7. The van der Waals surface area contributed by atoms with Crippen LogP contribution >= 0.6 is 0 Å². The normalized spacial score (nSPS) is 11.5. The second kappa shape index (κ2) is 11.3. The van der Waals surface area contributed by atoms with E-state index in [0.29, 0.717) is 0 Å². The maximum absolute atomic E-state index is 2.38. The molecule has 7 rings (SSSR count). The number of fused-ring (bicyclic) bond motifs is 3. The van der Waals surface area contributed by atoms with E-state index in [-0.39, 0.29) is 0 Å². The van der Waals surface area contributed by atoms with Crippen LogP contribution in [0.2, 0.25) is 0 Å². The number of rotatable bonds is 7. The van der Waals surface area contributed by atoms with Gasteiger partial charge in [-0.05, 0) is 89.8 Å². The molecule has 6 aromatic carbocycles. The van der Waals surface area contributed by atoms with Gasteiger partial charge in [0, 0.05) is 33.5 Å². The number of hydrogen-bond acceptors (Lipinski definition) is 1. The highest BCUT2D eigenvalue weighted by molar-refractivity contribution is 6.11. The average molecular weight is 541 g/mol. The molecule has 0 saturated carbocycles. The van der Waals surface area contributed by atoms with Crippen molar-refractivity contribution in [3.63, 3.8) is 0 Å². The van der Waals surface area contributed by atoms with Crippen molar-refractivity contribution in [3.05, 3.63) is 168 Å². The van der Waals surface area contributed by atoms with Gasteiger partial charge in [0.25, 0.3) is 0 Å². The molecule has 0 aliphatic heterocycles. The second-order valence-corrected chi connectivity index (χ2v) is 10.6. The quantitative estimate of drug-likeness (QED) is 0.183. The van der Waals surface area contributed by atoms with Gasteiger partial charge in [0.1, 0.15) is 0 Å². The molecule has 0 saturated heterocycles. The zero-order chi connectivity index (χ0) is 28.3. The lowest BCUT2D eigenvalue weighted by Gasteiger charge is -2.25. The van der Waals surface area contributed by atoms with Crippen molar-refractivity contribution in [2.24, 2.45) is 0 Å². The summed E-state index contributed by atoms with van der Waals surface area (Å²) in [5.41, 5.74) is 10.7. The molecule has 0 N–H and O–H groups in total. The molecule has 1 aromatic heterocycles. The molecule has 0 atom stereocenters. The third-order valence-electron chi connectivity index (χ3n) is 7.93. The van der Waals surface area contributed by atoms with Gasteiger partial charge < -0.3 is 9.47 Å². The van der Waals surface area contributed by atoms with Gasteiger partial charge >= 0.3 is 0 Å². The minimum Gasteiger partial charge on any atom is -0.310 e. The van der Waals surface area contributed by atoms with Gasteiger partial charge in [0.2, 0.25) is 0 Å². The summed E-state index contributed by atoms with van der Waals surface area (Å²) in [5, 5.41) is 2.54. The highest BCUT2D eigenvalue weighted by Gasteiger charge is 2.17. The van der Waals surface area contributed by atoms with Crippen LogP contribution in [0.15, 0.2) is 152 Å². The topological polar surface area (TPSA) is 8.17 Å². The summed E-state index contributed by atoms with van der Waals surface area (Å²) in [7, 11) is 0. The maximum Gasteiger partial charge on any atom is 0.0542 e. The molecule has 2 nitrogen and oxygen atoms in total. The van der Waals surface area contributed by atoms with Crippen LogP contribution in [-0.4, -0.2) is 4.57 Å². The Kier molecular flexibility index (Phi) is 6.87. The maximum atomic E-state index is 2.38. The third kappa shape index (κ3) is 4.88. The van der Waals surface area contributed by atoms with Crippen LogP contribution in [0, 0.1) is 0 Å². The summed E-state index contributed by atoms with van der Waals surface area (Å²) in [6, 6.07) is 54.3. The van der Waals surface area contributed by atoms with Crippen molar-refractivity contribution in [3.8, 4) is 5.69 Å². The molecule has 0 aliphatic rings. The predicted molar refractivity (Wildman–Crippen MR) is 180 cm³/mol. The van der Waals surface area contributed by atoms with Gasteiger partial charge in [-0.25, -0.2) is 0 Å². The van der Waals surface area contributed by atoms with Crippen LogP contribution in [0.3, 0.4) is 0 Å². The van der Waals surface area contributed by atoms with Gasteiger partial charge in [-0.1, -0.05) is 104 Å². The fourth-order valence-corrected chi connectivity index (χ4v) is 5.79. The Bertz CT molecular complexity index is 1980. The molecule has 2 heteroatoms. The Hall–Kier alpha value is -5.34. The minimum absolute atomic E-state index is 1.01. The van der Waals surface area contributed by atoms with E-state index in [1.165, 1.54) is 44.2 Å². The summed E-state index contributed by atoms with van der Waals surface area (Å²) >= 11 is 0. The van der Waals surface area contributed by atoms with Crippen molar-refractivity contribution in [2.75, 3.05) is 4.90 Å². The first kappa shape index (κ1) is 25.6.